The number of nitrogens with one attached hydrogen (secondary N) is 1. The molecular formula is C20H20N2O2. The lowest BCUT2D eigenvalue weighted by molar-refractivity contribution is -0.130. The molecule has 0 fully saturated rings. The van der Waals surface area contributed by atoms with Crippen LogP contribution in [-0.4, -0.2) is 16.7 Å². The van der Waals surface area contributed by atoms with Crippen LogP contribution in [0.2, 0.25) is 0 Å². The maximum absolute atomic E-state index is 12.4. The minimum atomic E-state index is -0.264. The van der Waals surface area contributed by atoms with Gasteiger partial charge in [0.15, 0.2) is 0 Å². The molecule has 1 atom stereocenters. The van der Waals surface area contributed by atoms with Gasteiger partial charge in [-0.15, -0.1) is 0 Å². The topological polar surface area (TPSA) is 49.4 Å². The number of fused-ring (bicyclic) bond motifs is 1. The van der Waals surface area contributed by atoms with Crippen molar-refractivity contribution in [2.24, 2.45) is 0 Å². The van der Waals surface area contributed by atoms with E-state index in [4.69, 9.17) is 0 Å². The zero-order chi connectivity index (χ0) is 16.9. The third-order valence-electron chi connectivity index (χ3n) is 4.18. The average Bonchev–Trinajstić information content (AvgIpc) is 2.61. The van der Waals surface area contributed by atoms with E-state index in [1.54, 1.807) is 11.1 Å². The Balaban J connectivity index is 1.72. The average molecular weight is 320 g/mol. The van der Waals surface area contributed by atoms with Crippen LogP contribution in [0.1, 0.15) is 36.1 Å². The van der Waals surface area contributed by atoms with Crippen LogP contribution in [0, 0.1) is 0 Å². The molecule has 2 aromatic carbocycles. The molecule has 4 heteroatoms. The maximum Gasteiger partial charge on any atom is 0.223 e. The lowest BCUT2D eigenvalue weighted by atomic mass is 9.93. The first-order valence-corrected chi connectivity index (χ1v) is 8.02. The molecule has 1 N–H and O–H groups in total. The van der Waals surface area contributed by atoms with Crippen molar-refractivity contribution < 1.29 is 9.59 Å². The van der Waals surface area contributed by atoms with Gasteiger partial charge in [0, 0.05) is 19.7 Å². The summed E-state index contributed by atoms with van der Waals surface area (Å²) in [6.07, 6.45) is 3.92. The van der Waals surface area contributed by atoms with Crippen molar-refractivity contribution in [2.45, 2.75) is 25.9 Å². The second-order valence-electron chi connectivity index (χ2n) is 5.85. The largest absolute Gasteiger partial charge is 0.352 e. The molecule has 0 radical (unpaired) electrons. The highest BCUT2D eigenvalue weighted by Gasteiger charge is 2.27. The second kappa shape index (κ2) is 7.13. The molecule has 2 amide bonds. The van der Waals surface area contributed by atoms with Crippen molar-refractivity contribution in [1.82, 2.24) is 10.2 Å². The van der Waals surface area contributed by atoms with E-state index >= 15 is 0 Å². The van der Waals surface area contributed by atoms with E-state index < -0.39 is 0 Å². The van der Waals surface area contributed by atoms with Gasteiger partial charge in [-0.1, -0.05) is 54.6 Å². The molecule has 0 aliphatic carbocycles. The van der Waals surface area contributed by atoms with Crippen molar-refractivity contribution in [2.75, 3.05) is 0 Å². The smallest absolute Gasteiger partial charge is 0.223 e. The molecule has 1 aliphatic heterocycles. The van der Waals surface area contributed by atoms with Crippen LogP contribution < -0.4 is 5.32 Å². The number of amides is 2. The highest BCUT2D eigenvalue weighted by atomic mass is 16.2. The zero-order valence-electron chi connectivity index (χ0n) is 13.6. The van der Waals surface area contributed by atoms with Gasteiger partial charge in [-0.25, -0.2) is 0 Å². The third-order valence-corrected chi connectivity index (χ3v) is 4.18. The summed E-state index contributed by atoms with van der Waals surface area (Å²) < 4.78 is 0. The Morgan fingerprint density at radius 3 is 2.50 bits per heavy atom. The first-order chi connectivity index (χ1) is 11.6. The summed E-state index contributed by atoms with van der Waals surface area (Å²) in [7, 11) is 0. The monoisotopic (exact) mass is 320 g/mol. The maximum atomic E-state index is 12.4. The Bertz CT molecular complexity index is 768. The summed E-state index contributed by atoms with van der Waals surface area (Å²) >= 11 is 0. The molecule has 1 aliphatic rings. The molecule has 0 bridgehead atoms. The van der Waals surface area contributed by atoms with E-state index in [2.05, 4.69) is 5.32 Å². The Morgan fingerprint density at radius 2 is 1.75 bits per heavy atom. The fourth-order valence-corrected chi connectivity index (χ4v) is 2.96. The highest BCUT2D eigenvalue weighted by Crippen LogP contribution is 2.32. The molecule has 0 aromatic heterocycles. The van der Waals surface area contributed by atoms with Crippen LogP contribution in [0.25, 0.3) is 6.08 Å². The van der Waals surface area contributed by atoms with Gasteiger partial charge in [-0.05, 0) is 22.8 Å². The van der Waals surface area contributed by atoms with Gasteiger partial charge in [-0.2, -0.15) is 0 Å². The Kier molecular flexibility index (Phi) is 4.75. The summed E-state index contributed by atoms with van der Waals surface area (Å²) in [6.45, 7) is 2.01. The van der Waals surface area contributed by atoms with Gasteiger partial charge >= 0.3 is 0 Å². The standard InChI is InChI=1S/C20H20N2O2/c1-15(23)22-12-11-17-9-5-6-10-18(17)19(22)13-20(24)21-14-16-7-3-2-4-8-16/h2-12,19H,13-14H2,1H3,(H,21,24)/t19-/m0/s1. The predicted molar refractivity (Wildman–Crippen MR) is 93.6 cm³/mol. The van der Waals surface area contributed by atoms with Gasteiger partial charge in [0.05, 0.1) is 12.5 Å². The Labute approximate surface area is 141 Å². The molecule has 1 heterocycles. The minimum absolute atomic E-state index is 0.0680. The van der Waals surface area contributed by atoms with Gasteiger partial charge in [0.25, 0.3) is 0 Å². The molecule has 0 unspecified atom stereocenters. The summed E-state index contributed by atoms with van der Waals surface area (Å²) in [6, 6.07) is 17.4. The van der Waals surface area contributed by atoms with Crippen LogP contribution in [0.4, 0.5) is 0 Å². The quantitative estimate of drug-likeness (QED) is 0.940. The number of hydrogen-bond acceptors (Lipinski definition) is 2. The fraction of sp³-hybridized carbons (Fsp3) is 0.200. The molecule has 0 saturated heterocycles. The van der Waals surface area contributed by atoms with Gasteiger partial charge in [0.2, 0.25) is 11.8 Å². The molecule has 2 aromatic rings. The van der Waals surface area contributed by atoms with E-state index in [1.165, 1.54) is 6.92 Å². The predicted octanol–water partition coefficient (Wildman–Crippen LogP) is 3.27. The summed E-state index contributed by atoms with van der Waals surface area (Å²) in [5.74, 6) is -0.137. The summed E-state index contributed by atoms with van der Waals surface area (Å²) in [4.78, 5) is 25.9. The van der Waals surface area contributed by atoms with Crippen molar-refractivity contribution in [3.05, 3.63) is 77.5 Å². The molecular weight excluding hydrogens is 300 g/mol. The van der Waals surface area contributed by atoms with E-state index in [-0.39, 0.29) is 24.3 Å². The number of benzene rings is 2. The van der Waals surface area contributed by atoms with Crippen LogP contribution >= 0.6 is 0 Å². The second-order valence-corrected chi connectivity index (χ2v) is 5.85. The van der Waals surface area contributed by atoms with Crippen LogP contribution in [0.5, 0.6) is 0 Å². The van der Waals surface area contributed by atoms with E-state index in [0.29, 0.717) is 6.54 Å². The van der Waals surface area contributed by atoms with E-state index in [1.807, 2.05) is 60.7 Å². The summed E-state index contributed by atoms with van der Waals surface area (Å²) in [5, 5.41) is 2.94. The van der Waals surface area contributed by atoms with Crippen molar-refractivity contribution >= 4 is 17.9 Å². The van der Waals surface area contributed by atoms with Gasteiger partial charge in [-0.3, -0.25) is 9.59 Å². The molecule has 0 spiro atoms. The van der Waals surface area contributed by atoms with Crippen LogP contribution in [0.15, 0.2) is 60.8 Å². The van der Waals surface area contributed by atoms with E-state index in [0.717, 1.165) is 16.7 Å². The SMILES string of the molecule is CC(=O)N1C=Cc2ccccc2[C@@H]1CC(=O)NCc1ccccc1. The number of carbonyl (C=O) groups is 2. The number of nitrogens with zero attached hydrogens (tertiary/aromatic N) is 1. The van der Waals surface area contributed by atoms with Gasteiger partial charge in [0.1, 0.15) is 0 Å². The third kappa shape index (κ3) is 3.54. The van der Waals surface area contributed by atoms with Crippen LogP contribution in [0.3, 0.4) is 0 Å². The highest BCUT2D eigenvalue weighted by molar-refractivity contribution is 5.81. The first-order valence-electron chi connectivity index (χ1n) is 8.02. The summed E-state index contributed by atoms with van der Waals surface area (Å²) in [5.41, 5.74) is 3.11. The lowest BCUT2D eigenvalue weighted by Crippen LogP contribution is -2.35. The van der Waals surface area contributed by atoms with Crippen molar-refractivity contribution in [3.63, 3.8) is 0 Å². The van der Waals surface area contributed by atoms with Crippen LogP contribution in [-0.2, 0) is 16.1 Å². The fourth-order valence-electron chi connectivity index (χ4n) is 2.96. The molecule has 3 rings (SSSR count). The number of hydrogen-bond donors (Lipinski definition) is 1. The Hall–Kier alpha value is -2.88. The normalized spacial score (nSPS) is 15.7. The number of carbonyl (C=O) groups excluding carboxylic acids is 2. The zero-order valence-corrected chi connectivity index (χ0v) is 13.6. The van der Waals surface area contributed by atoms with Crippen molar-refractivity contribution in [1.29, 1.82) is 0 Å². The molecule has 24 heavy (non-hydrogen) atoms. The molecule has 0 saturated carbocycles. The van der Waals surface area contributed by atoms with E-state index in [9.17, 15) is 9.59 Å². The minimum Gasteiger partial charge on any atom is -0.352 e. The van der Waals surface area contributed by atoms with Gasteiger partial charge < -0.3 is 10.2 Å². The first kappa shape index (κ1) is 16.0. The lowest BCUT2D eigenvalue weighted by Gasteiger charge is -2.32. The molecule has 4 nitrogen and oxygen atoms in total. The Morgan fingerprint density at radius 1 is 1.04 bits per heavy atom. The van der Waals surface area contributed by atoms with Crippen molar-refractivity contribution in [3.8, 4) is 0 Å². The number of rotatable bonds is 4. The molecule has 122 valence electrons.